The average molecular weight is 279 g/mol. The molecule has 108 valence electrons. The third-order valence-electron chi connectivity index (χ3n) is 3.59. The first-order valence-corrected chi connectivity index (χ1v) is 6.77. The first kappa shape index (κ1) is 14.5. The Morgan fingerprint density at radius 1 is 1.35 bits per heavy atom. The molecule has 1 unspecified atom stereocenters. The van der Waals surface area contributed by atoms with Crippen LogP contribution in [0.4, 0.5) is 4.39 Å². The van der Waals surface area contributed by atoms with Crippen LogP contribution in [0.15, 0.2) is 18.2 Å². The fraction of sp³-hybridized carbons (Fsp3) is 0.467. The van der Waals surface area contributed by atoms with Gasteiger partial charge in [0.2, 0.25) is 0 Å². The summed E-state index contributed by atoms with van der Waals surface area (Å²) in [4.78, 5) is 24.9. The summed E-state index contributed by atoms with van der Waals surface area (Å²) in [6.07, 6.45) is 2.41. The Kier molecular flexibility index (Phi) is 4.37. The Labute approximate surface area is 117 Å². The number of aliphatic carboxylic acids is 1. The Bertz CT molecular complexity index is 510. The van der Waals surface area contributed by atoms with Gasteiger partial charge in [0.1, 0.15) is 5.82 Å². The number of benzene rings is 1. The smallest absolute Gasteiger partial charge is 0.305 e. The number of carboxylic acid groups (broad SMARTS) is 1. The van der Waals surface area contributed by atoms with Crippen LogP contribution in [0, 0.1) is 12.7 Å². The molecule has 1 N–H and O–H groups in total. The fourth-order valence-electron chi connectivity index (χ4n) is 2.71. The van der Waals surface area contributed by atoms with Crippen molar-refractivity contribution in [2.45, 2.75) is 38.6 Å². The number of nitrogens with zero attached hydrogens (tertiary/aromatic N) is 1. The molecule has 1 saturated heterocycles. The predicted octanol–water partition coefficient (Wildman–Crippen LogP) is 2.60. The van der Waals surface area contributed by atoms with E-state index in [9.17, 15) is 14.0 Å². The second kappa shape index (κ2) is 6.03. The molecule has 0 aromatic heterocycles. The van der Waals surface area contributed by atoms with Crippen molar-refractivity contribution >= 4 is 11.9 Å². The Balaban J connectivity index is 2.22. The topological polar surface area (TPSA) is 57.6 Å². The maximum absolute atomic E-state index is 13.4. The molecule has 1 amide bonds. The summed E-state index contributed by atoms with van der Waals surface area (Å²) >= 11 is 0. The van der Waals surface area contributed by atoms with Crippen LogP contribution >= 0.6 is 0 Å². The second-order valence-corrected chi connectivity index (χ2v) is 5.26. The lowest BCUT2D eigenvalue weighted by atomic mass is 9.98. The molecule has 0 aliphatic carbocycles. The highest BCUT2D eigenvalue weighted by Gasteiger charge is 2.29. The highest BCUT2D eigenvalue weighted by Crippen LogP contribution is 2.22. The van der Waals surface area contributed by atoms with Crippen LogP contribution in [-0.4, -0.2) is 34.5 Å². The Morgan fingerprint density at radius 2 is 2.10 bits per heavy atom. The molecule has 2 rings (SSSR count). The van der Waals surface area contributed by atoms with Gasteiger partial charge in [-0.3, -0.25) is 9.59 Å². The summed E-state index contributed by atoms with van der Waals surface area (Å²) in [5.74, 6) is -1.64. The third kappa shape index (κ3) is 3.35. The zero-order valence-electron chi connectivity index (χ0n) is 11.4. The van der Waals surface area contributed by atoms with E-state index in [0.29, 0.717) is 24.1 Å². The van der Waals surface area contributed by atoms with Crippen LogP contribution in [-0.2, 0) is 4.79 Å². The van der Waals surface area contributed by atoms with Crippen molar-refractivity contribution in [1.82, 2.24) is 4.90 Å². The molecule has 1 aliphatic heterocycles. The first-order valence-electron chi connectivity index (χ1n) is 6.77. The molecule has 1 heterocycles. The zero-order valence-corrected chi connectivity index (χ0v) is 11.4. The minimum atomic E-state index is -0.912. The summed E-state index contributed by atoms with van der Waals surface area (Å²) in [6.45, 7) is 2.26. The lowest BCUT2D eigenvalue weighted by Crippen LogP contribution is -2.44. The molecule has 0 spiro atoms. The molecular formula is C15H18FNO3. The van der Waals surface area contributed by atoms with Gasteiger partial charge in [0.25, 0.3) is 5.91 Å². The molecule has 1 aliphatic rings. The van der Waals surface area contributed by atoms with Gasteiger partial charge < -0.3 is 10.0 Å². The molecule has 5 heteroatoms. The van der Waals surface area contributed by atoms with Gasteiger partial charge in [0.15, 0.2) is 0 Å². The van der Waals surface area contributed by atoms with Gasteiger partial charge in [-0.1, -0.05) is 0 Å². The van der Waals surface area contributed by atoms with Gasteiger partial charge in [0.05, 0.1) is 6.42 Å². The quantitative estimate of drug-likeness (QED) is 0.925. The molecule has 0 saturated carbocycles. The van der Waals surface area contributed by atoms with Crippen molar-refractivity contribution in [1.29, 1.82) is 0 Å². The third-order valence-corrected chi connectivity index (χ3v) is 3.59. The van der Waals surface area contributed by atoms with Crippen molar-refractivity contribution < 1.29 is 19.1 Å². The summed E-state index contributed by atoms with van der Waals surface area (Å²) in [6, 6.07) is 3.92. The van der Waals surface area contributed by atoms with Crippen molar-refractivity contribution in [3.8, 4) is 0 Å². The lowest BCUT2D eigenvalue weighted by Gasteiger charge is -2.35. The van der Waals surface area contributed by atoms with Crippen LogP contribution in [0.25, 0.3) is 0 Å². The number of piperidine rings is 1. The van der Waals surface area contributed by atoms with Crippen LogP contribution in [0.5, 0.6) is 0 Å². The van der Waals surface area contributed by atoms with E-state index in [2.05, 4.69) is 0 Å². The van der Waals surface area contributed by atoms with Crippen LogP contribution < -0.4 is 0 Å². The number of amides is 1. The Hall–Kier alpha value is -1.91. The van der Waals surface area contributed by atoms with Crippen molar-refractivity contribution in [3.63, 3.8) is 0 Å². The Morgan fingerprint density at radius 3 is 2.75 bits per heavy atom. The van der Waals surface area contributed by atoms with Gasteiger partial charge >= 0.3 is 5.97 Å². The van der Waals surface area contributed by atoms with E-state index in [-0.39, 0.29) is 18.4 Å². The maximum Gasteiger partial charge on any atom is 0.305 e. The summed E-state index contributed by atoms with van der Waals surface area (Å²) in [7, 11) is 0. The number of rotatable bonds is 3. The van der Waals surface area contributed by atoms with E-state index in [0.717, 1.165) is 12.8 Å². The number of aryl methyl sites for hydroxylation is 1. The van der Waals surface area contributed by atoms with Gasteiger partial charge in [-0.25, -0.2) is 4.39 Å². The number of hydrogen-bond acceptors (Lipinski definition) is 2. The monoisotopic (exact) mass is 279 g/mol. The van der Waals surface area contributed by atoms with E-state index in [4.69, 9.17) is 5.11 Å². The number of hydrogen-bond donors (Lipinski definition) is 1. The number of likely N-dealkylation sites (tertiary alicyclic amines) is 1. The molecular weight excluding hydrogens is 261 g/mol. The normalized spacial score (nSPS) is 18.9. The van der Waals surface area contributed by atoms with Gasteiger partial charge in [-0.05, 0) is 49.9 Å². The van der Waals surface area contributed by atoms with Crippen LogP contribution in [0.2, 0.25) is 0 Å². The average Bonchev–Trinajstić information content (AvgIpc) is 2.36. The molecule has 1 aromatic rings. The highest BCUT2D eigenvalue weighted by atomic mass is 19.1. The van der Waals surface area contributed by atoms with Crippen LogP contribution in [0.3, 0.4) is 0 Å². The molecule has 20 heavy (non-hydrogen) atoms. The largest absolute Gasteiger partial charge is 0.481 e. The summed E-state index contributed by atoms with van der Waals surface area (Å²) in [5.41, 5.74) is 0.972. The van der Waals surface area contributed by atoms with Crippen LogP contribution in [0.1, 0.15) is 41.6 Å². The number of carbonyl (C=O) groups excluding carboxylic acids is 1. The van der Waals surface area contributed by atoms with E-state index in [1.165, 1.54) is 12.1 Å². The minimum absolute atomic E-state index is 0.0555. The van der Waals surface area contributed by atoms with Crippen molar-refractivity contribution in [2.24, 2.45) is 0 Å². The van der Waals surface area contributed by atoms with Gasteiger partial charge in [-0.15, -0.1) is 0 Å². The van der Waals surface area contributed by atoms with E-state index < -0.39 is 11.8 Å². The minimum Gasteiger partial charge on any atom is -0.481 e. The summed E-state index contributed by atoms with van der Waals surface area (Å²) in [5, 5.41) is 8.93. The number of halogens is 1. The predicted molar refractivity (Wildman–Crippen MR) is 72.1 cm³/mol. The SMILES string of the molecule is Cc1cc(F)cc(C(=O)N2CCCCC2CC(=O)O)c1. The lowest BCUT2D eigenvalue weighted by molar-refractivity contribution is -0.138. The van der Waals surface area contributed by atoms with E-state index >= 15 is 0 Å². The molecule has 1 fully saturated rings. The number of carbonyl (C=O) groups is 2. The van der Waals surface area contributed by atoms with Crippen molar-refractivity contribution in [3.05, 3.63) is 35.1 Å². The van der Waals surface area contributed by atoms with Crippen molar-refractivity contribution in [2.75, 3.05) is 6.54 Å². The fourth-order valence-corrected chi connectivity index (χ4v) is 2.71. The molecule has 4 nitrogen and oxygen atoms in total. The van der Waals surface area contributed by atoms with E-state index in [1.807, 2.05) is 0 Å². The van der Waals surface area contributed by atoms with E-state index in [1.54, 1.807) is 17.9 Å². The van der Waals surface area contributed by atoms with Gasteiger partial charge in [0, 0.05) is 18.2 Å². The second-order valence-electron chi connectivity index (χ2n) is 5.26. The highest BCUT2D eigenvalue weighted by molar-refractivity contribution is 5.95. The molecule has 0 bridgehead atoms. The molecule has 0 radical (unpaired) electrons. The number of carboxylic acids is 1. The zero-order chi connectivity index (χ0) is 14.7. The summed E-state index contributed by atoms with van der Waals surface area (Å²) < 4.78 is 13.4. The maximum atomic E-state index is 13.4. The first-order chi connectivity index (χ1) is 9.47. The molecule has 1 aromatic carbocycles. The molecule has 1 atom stereocenters. The van der Waals surface area contributed by atoms with Gasteiger partial charge in [-0.2, -0.15) is 0 Å². The standard InChI is InChI=1S/C15H18FNO3/c1-10-6-11(8-12(16)7-10)15(20)17-5-3-2-4-13(17)9-14(18)19/h6-8,13H,2-5,9H2,1H3,(H,18,19).